The summed E-state index contributed by atoms with van der Waals surface area (Å²) in [5.74, 6) is -9.86. The molecule has 0 aliphatic carbocycles. The maximum atomic E-state index is 15.1. The van der Waals surface area contributed by atoms with Gasteiger partial charge >= 0.3 is 35.8 Å². The van der Waals surface area contributed by atoms with Gasteiger partial charge in [-0.3, -0.25) is 0 Å². The van der Waals surface area contributed by atoms with Crippen molar-refractivity contribution >= 4 is 35.8 Å². The molecule has 0 aliphatic heterocycles. The molecule has 0 saturated carbocycles. The molecule has 0 aromatic heterocycles. The van der Waals surface area contributed by atoms with E-state index in [-0.39, 0.29) is 33.4 Å². The summed E-state index contributed by atoms with van der Waals surface area (Å²) < 4.78 is 74.3. The molecule has 0 aliphatic rings. The van der Waals surface area contributed by atoms with Crippen molar-refractivity contribution in [3.05, 3.63) is 179 Å². The third kappa shape index (κ3) is 26.6. The van der Waals surface area contributed by atoms with Crippen molar-refractivity contribution < 1.29 is 85.6 Å². The highest BCUT2D eigenvalue weighted by Gasteiger charge is 2.40. The van der Waals surface area contributed by atoms with Gasteiger partial charge in [0.25, 0.3) is 0 Å². The fourth-order valence-electron chi connectivity index (χ4n) is 10.5. The molecule has 0 spiro atoms. The molecule has 0 radical (unpaired) electrons. The second kappa shape index (κ2) is 45.1. The number of carbonyl (C=O) groups is 6. The van der Waals surface area contributed by atoms with Gasteiger partial charge in [-0.25, -0.2) is 28.8 Å². The molecule has 0 amide bonds. The van der Waals surface area contributed by atoms with Gasteiger partial charge < -0.3 is 56.8 Å². The summed E-state index contributed by atoms with van der Waals surface area (Å²) in [7, 11) is 0. The van der Waals surface area contributed by atoms with Gasteiger partial charge in [-0.2, -0.15) is 0 Å². The zero-order chi connectivity index (χ0) is 72.5. The van der Waals surface area contributed by atoms with E-state index in [9.17, 15) is 0 Å². The molecule has 7 aromatic rings. The summed E-state index contributed by atoms with van der Waals surface area (Å²) in [6.45, 7) is 15.2. The van der Waals surface area contributed by atoms with Gasteiger partial charge in [0.2, 0.25) is 34.5 Å². The summed E-state index contributed by atoms with van der Waals surface area (Å²) in [6, 6.07) is 36.0. The molecular formula is C84H102O18. The van der Waals surface area contributed by atoms with Crippen molar-refractivity contribution in [2.45, 2.75) is 196 Å². The minimum Gasteiger partial charge on any atom is -0.494 e. The number of benzene rings is 7. The second-order valence-electron chi connectivity index (χ2n) is 24.9. The number of carbonyl (C=O) groups excluding carboxylic acids is 6. The van der Waals surface area contributed by atoms with Crippen LogP contribution in [0.1, 0.15) is 258 Å². The van der Waals surface area contributed by atoms with Crippen molar-refractivity contribution in [1.82, 2.24) is 0 Å². The summed E-state index contributed by atoms with van der Waals surface area (Å²) in [5.41, 5.74) is -0.585. The first-order chi connectivity index (χ1) is 49.9. The van der Waals surface area contributed by atoms with Gasteiger partial charge in [0.15, 0.2) is 0 Å². The van der Waals surface area contributed by atoms with Crippen LogP contribution in [0.3, 0.4) is 0 Å². The highest BCUT2D eigenvalue weighted by molar-refractivity contribution is 6.01. The van der Waals surface area contributed by atoms with Crippen LogP contribution in [0.15, 0.2) is 146 Å². The number of unbranched alkanes of at least 4 members (excludes halogenated alkanes) is 18. The Bertz CT molecular complexity index is 3010. The van der Waals surface area contributed by atoms with Gasteiger partial charge in [-0.1, -0.05) is 157 Å². The smallest absolute Gasteiger partial charge is 0.343 e. The molecule has 0 heterocycles. The van der Waals surface area contributed by atoms with E-state index >= 15 is 28.8 Å². The third-order valence-electron chi connectivity index (χ3n) is 16.5. The number of rotatable bonds is 48. The highest BCUT2D eigenvalue weighted by Crippen LogP contribution is 2.59. The van der Waals surface area contributed by atoms with Crippen LogP contribution in [-0.4, -0.2) is 75.5 Å². The Morgan fingerprint density at radius 2 is 0.314 bits per heavy atom. The normalized spacial score (nSPS) is 10.9. The van der Waals surface area contributed by atoms with Crippen LogP contribution >= 0.6 is 0 Å². The number of ether oxygens (including phenoxy) is 12. The zero-order valence-electron chi connectivity index (χ0n) is 60.4. The van der Waals surface area contributed by atoms with Gasteiger partial charge in [-0.05, 0) is 184 Å². The molecule has 0 atom stereocenters. The van der Waals surface area contributed by atoms with Crippen molar-refractivity contribution in [2.24, 2.45) is 0 Å². The number of hydrogen-bond donors (Lipinski definition) is 0. The molecule has 0 saturated heterocycles. The minimum absolute atomic E-state index is 0.0974. The number of hydrogen-bond acceptors (Lipinski definition) is 18. The molecule has 0 N–H and O–H groups in total. The van der Waals surface area contributed by atoms with Crippen LogP contribution in [0.25, 0.3) is 0 Å². The Kier molecular flexibility index (Phi) is 35.2. The average Bonchev–Trinajstić information content (AvgIpc) is 0.749. The summed E-state index contributed by atoms with van der Waals surface area (Å²) >= 11 is 0. The second-order valence-corrected chi connectivity index (χ2v) is 24.9. The van der Waals surface area contributed by atoms with Crippen LogP contribution in [0.2, 0.25) is 0 Å². The molecular weight excluding hydrogens is 1300 g/mol. The van der Waals surface area contributed by atoms with Crippen molar-refractivity contribution in [3.63, 3.8) is 0 Å². The van der Waals surface area contributed by atoms with E-state index < -0.39 is 70.3 Å². The van der Waals surface area contributed by atoms with E-state index in [1.165, 1.54) is 72.8 Å². The summed E-state index contributed by atoms with van der Waals surface area (Å²) in [5, 5.41) is 0. The lowest BCUT2D eigenvalue weighted by atomic mass is 10.1. The minimum atomic E-state index is -1.15. The van der Waals surface area contributed by atoms with E-state index in [4.69, 9.17) is 56.8 Å². The fraction of sp³-hybridized carbons (Fsp3) is 0.429. The quantitative estimate of drug-likeness (QED) is 0.0197. The monoisotopic (exact) mass is 1400 g/mol. The average molecular weight is 1400 g/mol. The Morgan fingerprint density at radius 1 is 0.186 bits per heavy atom. The van der Waals surface area contributed by atoms with Gasteiger partial charge in [0.05, 0.1) is 73.0 Å². The van der Waals surface area contributed by atoms with Crippen LogP contribution in [0, 0.1) is 0 Å². The molecule has 7 rings (SSSR count). The van der Waals surface area contributed by atoms with E-state index in [0.717, 1.165) is 154 Å². The molecule has 0 fully saturated rings. The number of esters is 6. The van der Waals surface area contributed by atoms with Crippen LogP contribution in [0.5, 0.6) is 69.0 Å². The molecule has 18 heteroatoms. The lowest BCUT2D eigenvalue weighted by Gasteiger charge is -2.23. The van der Waals surface area contributed by atoms with Crippen molar-refractivity contribution in [2.75, 3.05) is 39.6 Å². The molecule has 0 bridgehead atoms. The lowest BCUT2D eigenvalue weighted by molar-refractivity contribution is 0.0597. The predicted octanol–water partition coefficient (Wildman–Crippen LogP) is 20.8. The zero-order valence-corrected chi connectivity index (χ0v) is 60.4. The van der Waals surface area contributed by atoms with E-state index in [2.05, 4.69) is 41.5 Å². The Morgan fingerprint density at radius 3 is 0.431 bits per heavy atom. The first kappa shape index (κ1) is 79.5. The van der Waals surface area contributed by atoms with Gasteiger partial charge in [-0.15, -0.1) is 0 Å². The summed E-state index contributed by atoms with van der Waals surface area (Å²) in [4.78, 5) is 90.9. The van der Waals surface area contributed by atoms with Crippen molar-refractivity contribution in [3.8, 4) is 69.0 Å². The summed E-state index contributed by atoms with van der Waals surface area (Å²) in [6.07, 6.45) is 23.1. The molecule has 7 aromatic carbocycles. The molecule has 546 valence electrons. The first-order valence-corrected chi connectivity index (χ1v) is 36.8. The Labute approximate surface area is 601 Å². The van der Waals surface area contributed by atoms with E-state index in [1.807, 2.05) is 0 Å². The van der Waals surface area contributed by atoms with Crippen molar-refractivity contribution in [1.29, 1.82) is 0 Å². The van der Waals surface area contributed by atoms with Gasteiger partial charge in [0, 0.05) is 0 Å². The maximum Gasteiger partial charge on any atom is 0.343 e. The Balaban J connectivity index is 1.48. The largest absolute Gasteiger partial charge is 0.494 e. The third-order valence-corrected chi connectivity index (χ3v) is 16.5. The highest BCUT2D eigenvalue weighted by atomic mass is 16.6. The standard InChI is InChI=1S/C84H102O18/c1-7-13-19-25-55-91-67-43-31-61(32-44-67)79(85)97-73-74(98-80(86)62-33-45-68(46-34-62)92-56-26-20-14-8-2)76(100-82(88)64-37-49-70(50-38-64)94-58-28-22-16-10-4)78(102-84(90)66-41-53-72(54-42-66)96-60-30-24-18-12-6)77(101-83(89)65-39-51-71(52-40-65)95-59-29-23-17-11-5)75(73)99-81(87)63-35-47-69(48-36-63)93-57-27-21-15-9-3/h31-54H,7-30,55-60H2,1-6H3. The van der Waals surface area contributed by atoms with Crippen LogP contribution < -0.4 is 56.8 Å². The topological polar surface area (TPSA) is 213 Å². The molecule has 18 nitrogen and oxygen atoms in total. The SMILES string of the molecule is CCCCCCOc1ccc(C(=O)Oc2c(OC(=O)c3ccc(OCCCCCC)cc3)c(OC(=O)c3ccc(OCCCCCC)cc3)c(OC(=O)c3ccc(OCCCCCC)cc3)c(OC(=O)c3ccc(OCCCCCC)cc3)c2OC(=O)c2ccc(OCCCCCC)cc2)cc1. The van der Waals surface area contributed by atoms with Crippen LogP contribution in [0.4, 0.5) is 0 Å². The maximum absolute atomic E-state index is 15.1. The van der Waals surface area contributed by atoms with Crippen LogP contribution in [-0.2, 0) is 0 Å². The fourth-order valence-corrected chi connectivity index (χ4v) is 10.5. The Hall–Kier alpha value is -9.84. The first-order valence-electron chi connectivity index (χ1n) is 36.8. The van der Waals surface area contributed by atoms with E-state index in [1.54, 1.807) is 72.8 Å². The van der Waals surface area contributed by atoms with Gasteiger partial charge in [0.1, 0.15) is 34.5 Å². The predicted molar refractivity (Wildman–Crippen MR) is 393 cm³/mol. The molecule has 102 heavy (non-hydrogen) atoms. The van der Waals surface area contributed by atoms with E-state index in [0.29, 0.717) is 74.1 Å². The lowest BCUT2D eigenvalue weighted by Crippen LogP contribution is -2.21. The molecule has 0 unspecified atom stereocenters.